The Morgan fingerprint density at radius 3 is 2.53 bits per heavy atom. The predicted octanol–water partition coefficient (Wildman–Crippen LogP) is 2.88. The van der Waals surface area contributed by atoms with Crippen molar-refractivity contribution in [3.8, 4) is 0 Å². The third-order valence-electron chi connectivity index (χ3n) is 2.58. The lowest BCUT2D eigenvalue weighted by atomic mass is 9.96. The second-order valence-electron chi connectivity index (χ2n) is 5.28. The smallest absolute Gasteiger partial charge is 0.138 e. The van der Waals surface area contributed by atoms with Gasteiger partial charge in [0.05, 0.1) is 12.1 Å². The maximum absolute atomic E-state index is 4.57. The largest absolute Gasteiger partial charge is 0.373 e. The molecule has 0 spiro atoms. The maximum Gasteiger partial charge on any atom is 0.138 e. The van der Waals surface area contributed by atoms with Crippen molar-refractivity contribution in [2.45, 2.75) is 32.7 Å². The van der Waals surface area contributed by atoms with Crippen molar-refractivity contribution in [3.05, 3.63) is 28.5 Å². The summed E-state index contributed by atoms with van der Waals surface area (Å²) < 4.78 is 0. The fraction of sp³-hybridized carbons (Fsp3) is 0.462. The van der Waals surface area contributed by atoms with Gasteiger partial charge in [-0.25, -0.2) is 9.97 Å². The molecule has 102 valence electrons. The molecule has 6 heteroatoms. The zero-order valence-corrected chi connectivity index (χ0v) is 12.5. The van der Waals surface area contributed by atoms with Gasteiger partial charge in [0, 0.05) is 29.6 Å². The molecular formula is C13H19N5S. The summed E-state index contributed by atoms with van der Waals surface area (Å²) in [5.41, 5.74) is 1.75. The van der Waals surface area contributed by atoms with Gasteiger partial charge in [0.25, 0.3) is 0 Å². The van der Waals surface area contributed by atoms with E-state index >= 15 is 0 Å². The molecule has 0 fully saturated rings. The zero-order chi connectivity index (χ0) is 13.9. The summed E-state index contributed by atoms with van der Waals surface area (Å²) in [7, 11) is 1.86. The summed E-state index contributed by atoms with van der Waals surface area (Å²) in [5, 5.41) is 6.39. The molecule has 2 aromatic heterocycles. The Hall–Kier alpha value is -1.69. The van der Waals surface area contributed by atoms with Gasteiger partial charge in [0.15, 0.2) is 0 Å². The molecule has 2 aromatic rings. The summed E-state index contributed by atoms with van der Waals surface area (Å²) in [6.45, 7) is 7.05. The minimum atomic E-state index is -0.0756. The molecule has 0 unspecified atom stereocenters. The van der Waals surface area contributed by atoms with E-state index in [0.717, 1.165) is 24.0 Å². The van der Waals surface area contributed by atoms with Crippen molar-refractivity contribution in [3.63, 3.8) is 0 Å². The minimum absolute atomic E-state index is 0.0756. The SMILES string of the molecule is CNc1cc(NCc2cncs2)nc(C(C)(C)C)n1. The lowest BCUT2D eigenvalue weighted by molar-refractivity contribution is 0.546. The number of nitrogens with zero attached hydrogens (tertiary/aromatic N) is 3. The van der Waals surface area contributed by atoms with Crippen molar-refractivity contribution < 1.29 is 0 Å². The van der Waals surface area contributed by atoms with E-state index in [1.54, 1.807) is 11.3 Å². The van der Waals surface area contributed by atoms with Crippen LogP contribution < -0.4 is 10.6 Å². The quantitative estimate of drug-likeness (QED) is 0.899. The molecule has 0 bridgehead atoms. The number of aromatic nitrogens is 3. The lowest BCUT2D eigenvalue weighted by Gasteiger charge is -2.18. The van der Waals surface area contributed by atoms with E-state index in [4.69, 9.17) is 0 Å². The number of thiazole rings is 1. The first kappa shape index (κ1) is 13.7. The molecular weight excluding hydrogens is 258 g/mol. The van der Waals surface area contributed by atoms with Gasteiger partial charge in [-0.1, -0.05) is 20.8 Å². The van der Waals surface area contributed by atoms with Crippen molar-refractivity contribution in [1.29, 1.82) is 0 Å². The Kier molecular flexibility index (Phi) is 3.99. The van der Waals surface area contributed by atoms with Gasteiger partial charge in [-0.15, -0.1) is 11.3 Å². The van der Waals surface area contributed by atoms with Gasteiger partial charge in [-0.05, 0) is 0 Å². The molecule has 0 aliphatic heterocycles. The third kappa shape index (κ3) is 3.64. The summed E-state index contributed by atoms with van der Waals surface area (Å²) >= 11 is 1.63. The first-order valence-electron chi connectivity index (χ1n) is 6.17. The summed E-state index contributed by atoms with van der Waals surface area (Å²) in [5.74, 6) is 2.48. The topological polar surface area (TPSA) is 62.7 Å². The zero-order valence-electron chi connectivity index (χ0n) is 11.7. The lowest BCUT2D eigenvalue weighted by Crippen LogP contribution is -2.18. The van der Waals surface area contributed by atoms with Crippen LogP contribution in [0.4, 0.5) is 11.6 Å². The van der Waals surface area contributed by atoms with Gasteiger partial charge in [-0.2, -0.15) is 0 Å². The molecule has 19 heavy (non-hydrogen) atoms. The molecule has 2 heterocycles. The van der Waals surface area contributed by atoms with E-state index in [2.05, 4.69) is 46.4 Å². The van der Waals surface area contributed by atoms with E-state index in [-0.39, 0.29) is 5.41 Å². The van der Waals surface area contributed by atoms with Crippen LogP contribution in [0.15, 0.2) is 17.8 Å². The maximum atomic E-state index is 4.57. The van der Waals surface area contributed by atoms with E-state index in [1.165, 1.54) is 4.88 Å². The molecule has 2 N–H and O–H groups in total. The van der Waals surface area contributed by atoms with Gasteiger partial charge in [0.2, 0.25) is 0 Å². The molecule has 5 nitrogen and oxygen atoms in total. The van der Waals surface area contributed by atoms with Gasteiger partial charge in [-0.3, -0.25) is 4.98 Å². The molecule has 0 aromatic carbocycles. The fourth-order valence-electron chi connectivity index (χ4n) is 1.51. The van der Waals surface area contributed by atoms with Crippen LogP contribution in [0.2, 0.25) is 0 Å². The first-order valence-corrected chi connectivity index (χ1v) is 7.05. The summed E-state index contributed by atoms with van der Waals surface area (Å²) in [6.07, 6.45) is 1.86. The minimum Gasteiger partial charge on any atom is -0.373 e. The van der Waals surface area contributed by atoms with Gasteiger partial charge < -0.3 is 10.6 Å². The van der Waals surface area contributed by atoms with Crippen LogP contribution in [0.1, 0.15) is 31.5 Å². The Balaban J connectivity index is 2.19. The van der Waals surface area contributed by atoms with E-state index in [9.17, 15) is 0 Å². The highest BCUT2D eigenvalue weighted by Gasteiger charge is 2.18. The molecule has 0 atom stereocenters. The Labute approximate surface area is 117 Å². The fourth-order valence-corrected chi connectivity index (χ4v) is 2.04. The van der Waals surface area contributed by atoms with Crippen LogP contribution in [0, 0.1) is 0 Å². The van der Waals surface area contributed by atoms with Crippen molar-refractivity contribution >= 4 is 23.0 Å². The van der Waals surface area contributed by atoms with Crippen LogP contribution in [-0.2, 0) is 12.0 Å². The highest BCUT2D eigenvalue weighted by Crippen LogP contribution is 2.22. The molecule has 0 saturated carbocycles. The normalized spacial score (nSPS) is 11.4. The Morgan fingerprint density at radius 1 is 1.21 bits per heavy atom. The first-order chi connectivity index (χ1) is 8.99. The van der Waals surface area contributed by atoms with Gasteiger partial charge in [0.1, 0.15) is 17.5 Å². The molecule has 0 radical (unpaired) electrons. The van der Waals surface area contributed by atoms with Crippen LogP contribution in [0.5, 0.6) is 0 Å². The van der Waals surface area contributed by atoms with Gasteiger partial charge >= 0.3 is 0 Å². The molecule has 0 aliphatic carbocycles. The van der Waals surface area contributed by atoms with Crippen LogP contribution in [0.25, 0.3) is 0 Å². The third-order valence-corrected chi connectivity index (χ3v) is 3.36. The van der Waals surface area contributed by atoms with Crippen molar-refractivity contribution in [1.82, 2.24) is 15.0 Å². The number of rotatable bonds is 4. The number of hydrogen-bond donors (Lipinski definition) is 2. The monoisotopic (exact) mass is 277 g/mol. The molecule has 2 rings (SSSR count). The highest BCUT2D eigenvalue weighted by molar-refractivity contribution is 7.09. The van der Waals surface area contributed by atoms with Crippen molar-refractivity contribution in [2.75, 3.05) is 17.7 Å². The second kappa shape index (κ2) is 5.52. The Bertz CT molecular complexity index is 530. The number of nitrogens with one attached hydrogen (secondary N) is 2. The van der Waals surface area contributed by atoms with E-state index in [0.29, 0.717) is 0 Å². The van der Waals surface area contributed by atoms with Crippen molar-refractivity contribution in [2.24, 2.45) is 0 Å². The molecule has 0 amide bonds. The summed E-state index contributed by atoms with van der Waals surface area (Å²) in [4.78, 5) is 14.3. The average Bonchev–Trinajstić information content (AvgIpc) is 2.88. The van der Waals surface area contributed by atoms with E-state index < -0.39 is 0 Å². The number of hydrogen-bond acceptors (Lipinski definition) is 6. The summed E-state index contributed by atoms with van der Waals surface area (Å²) in [6, 6.07) is 1.91. The van der Waals surface area contributed by atoms with E-state index in [1.807, 2.05) is 24.8 Å². The second-order valence-corrected chi connectivity index (χ2v) is 6.25. The standard InChI is InChI=1S/C13H19N5S/c1-13(2,3)12-17-10(14-4)5-11(18-12)16-7-9-6-15-8-19-9/h5-6,8H,7H2,1-4H3,(H2,14,16,17,18). The van der Waals surface area contributed by atoms with Crippen LogP contribution in [0.3, 0.4) is 0 Å². The highest BCUT2D eigenvalue weighted by atomic mass is 32.1. The van der Waals surface area contributed by atoms with Crippen LogP contribution >= 0.6 is 11.3 Å². The predicted molar refractivity (Wildman–Crippen MR) is 79.7 cm³/mol. The average molecular weight is 277 g/mol. The molecule has 0 aliphatic rings. The Morgan fingerprint density at radius 2 is 1.95 bits per heavy atom. The number of anilines is 2. The molecule has 0 saturated heterocycles. The van der Waals surface area contributed by atoms with Crippen LogP contribution in [-0.4, -0.2) is 22.0 Å².